The average molecular weight is 479 g/mol. The Hall–Kier alpha value is 0.668. The lowest BCUT2D eigenvalue weighted by molar-refractivity contribution is 0.262. The van der Waals surface area contributed by atoms with Crippen molar-refractivity contribution in [1.29, 1.82) is 0 Å². The quantitative estimate of drug-likeness (QED) is 0.273. The molecule has 2 aliphatic rings. The zero-order chi connectivity index (χ0) is 21.9. The normalized spacial score (nSPS) is 25.8. The number of epoxide rings is 1. The second-order valence-electron chi connectivity index (χ2n) is 11.5. The molecule has 172 valence electrons. The van der Waals surface area contributed by atoms with Gasteiger partial charge in [0, 0.05) is 7.11 Å². The van der Waals surface area contributed by atoms with Crippen molar-refractivity contribution in [3.05, 3.63) is 0 Å². The van der Waals surface area contributed by atoms with Crippen molar-refractivity contribution >= 4 is 33.3 Å². The van der Waals surface area contributed by atoms with Gasteiger partial charge in [-0.3, -0.25) is 0 Å². The Bertz CT molecular complexity index is 527. The Morgan fingerprint density at radius 3 is 1.72 bits per heavy atom. The predicted octanol–water partition coefficient (Wildman–Crippen LogP) is 5.08. The van der Waals surface area contributed by atoms with Crippen molar-refractivity contribution in [2.75, 3.05) is 25.8 Å². The summed E-state index contributed by atoms with van der Waals surface area (Å²) in [6.07, 6.45) is 8.70. The van der Waals surface area contributed by atoms with Crippen molar-refractivity contribution in [2.45, 2.75) is 96.3 Å². The van der Waals surface area contributed by atoms with Crippen molar-refractivity contribution in [2.24, 2.45) is 5.92 Å². The van der Waals surface area contributed by atoms with Crippen LogP contribution in [0.2, 0.25) is 58.4 Å². The van der Waals surface area contributed by atoms with E-state index in [1.54, 1.807) is 7.11 Å². The Balaban J connectivity index is 1.68. The molecule has 9 heteroatoms. The van der Waals surface area contributed by atoms with Crippen LogP contribution in [0.1, 0.15) is 25.7 Å². The first-order chi connectivity index (χ1) is 13.2. The van der Waals surface area contributed by atoms with Gasteiger partial charge in [0.25, 0.3) is 0 Å². The summed E-state index contributed by atoms with van der Waals surface area (Å²) in [6.45, 7) is 18.2. The minimum absolute atomic E-state index is 0.589. The lowest BCUT2D eigenvalue weighted by Gasteiger charge is -2.34. The highest BCUT2D eigenvalue weighted by molar-refractivity contribution is 6.77. The van der Waals surface area contributed by atoms with Crippen molar-refractivity contribution in [3.8, 4) is 0 Å². The summed E-state index contributed by atoms with van der Waals surface area (Å²) < 4.78 is 30.5. The van der Waals surface area contributed by atoms with E-state index < -0.39 is 33.3 Å². The van der Waals surface area contributed by atoms with Gasteiger partial charge in [0.1, 0.15) is 0 Å². The highest BCUT2D eigenvalue weighted by atomic mass is 28.4. The molecule has 29 heavy (non-hydrogen) atoms. The fraction of sp³-hybridized carbons (Fsp3) is 1.00. The van der Waals surface area contributed by atoms with Crippen molar-refractivity contribution in [1.82, 2.24) is 0 Å². The molecular formula is C20H46O5Si4. The molecule has 5 nitrogen and oxygen atoms in total. The van der Waals surface area contributed by atoms with Gasteiger partial charge in [-0.15, -0.1) is 0 Å². The summed E-state index contributed by atoms with van der Waals surface area (Å²) in [6, 6.07) is 1.25. The van der Waals surface area contributed by atoms with Crippen LogP contribution < -0.4 is 0 Å². The minimum Gasteiger partial charge on any atom is -0.418 e. The molecule has 0 spiro atoms. The van der Waals surface area contributed by atoms with Gasteiger partial charge in [-0.05, 0) is 83.6 Å². The maximum atomic E-state index is 6.53. The molecule has 0 aromatic carbocycles. The van der Waals surface area contributed by atoms with Crippen LogP contribution in [-0.2, 0) is 22.4 Å². The van der Waals surface area contributed by atoms with Crippen LogP contribution in [0.25, 0.3) is 0 Å². The van der Waals surface area contributed by atoms with E-state index in [4.69, 9.17) is 22.4 Å². The zero-order valence-electron chi connectivity index (χ0n) is 20.4. The first kappa shape index (κ1) is 25.9. The topological polar surface area (TPSA) is 49.5 Å². The van der Waals surface area contributed by atoms with Crippen LogP contribution in [0.15, 0.2) is 0 Å². The largest absolute Gasteiger partial charge is 0.418 e. The molecule has 2 rings (SSSR count). The number of hydrogen-bond donors (Lipinski definition) is 0. The SMILES string of the molecule is CO[Si](C)(C)CO[Si](C)(C)CO[Si](C)(C)CO[Si](C)(C)CCC1CCC2OC2C1. The third-order valence-corrected chi connectivity index (χ3v) is 15.0. The average Bonchev–Trinajstić information content (AvgIpc) is 3.41. The third-order valence-electron chi connectivity index (χ3n) is 6.25. The highest BCUT2D eigenvalue weighted by Gasteiger charge is 2.44. The van der Waals surface area contributed by atoms with E-state index in [0.29, 0.717) is 12.2 Å². The number of rotatable bonds is 13. The molecular weight excluding hydrogens is 433 g/mol. The summed E-state index contributed by atoms with van der Waals surface area (Å²) in [5.74, 6) is 0.847. The molecule has 1 aliphatic heterocycles. The predicted molar refractivity (Wildman–Crippen MR) is 130 cm³/mol. The van der Waals surface area contributed by atoms with E-state index in [0.717, 1.165) is 24.6 Å². The standard InChI is InChI=1S/C20H46O5Si4/c1-21-27(4,5)15-23-29(8,9)17-24-28(6,7)16-22-26(2,3)13-12-18-10-11-19-20(14-18)25-19/h18-20H,10-17H2,1-9H3. The number of ether oxygens (including phenoxy) is 1. The second-order valence-corrected chi connectivity index (χ2v) is 28.3. The van der Waals surface area contributed by atoms with Gasteiger partial charge >= 0.3 is 0 Å². The molecule has 3 atom stereocenters. The van der Waals surface area contributed by atoms with Gasteiger partial charge in [0.2, 0.25) is 25.0 Å². The maximum Gasteiger partial charge on any atom is 0.210 e. The molecule has 1 saturated carbocycles. The van der Waals surface area contributed by atoms with Gasteiger partial charge in [0.05, 0.1) is 30.9 Å². The van der Waals surface area contributed by atoms with Crippen molar-refractivity contribution in [3.63, 3.8) is 0 Å². The molecule has 2 fully saturated rings. The molecule has 3 unspecified atom stereocenters. The van der Waals surface area contributed by atoms with Crippen LogP contribution >= 0.6 is 0 Å². The van der Waals surface area contributed by atoms with Gasteiger partial charge in [-0.1, -0.05) is 6.42 Å². The first-order valence-corrected chi connectivity index (χ1v) is 23.8. The van der Waals surface area contributed by atoms with Crippen LogP contribution in [-0.4, -0.2) is 71.3 Å². The smallest absolute Gasteiger partial charge is 0.210 e. The molecule has 0 amide bonds. The maximum absolute atomic E-state index is 6.53. The van der Waals surface area contributed by atoms with E-state index in [9.17, 15) is 0 Å². The molecule has 0 N–H and O–H groups in total. The van der Waals surface area contributed by atoms with E-state index in [1.807, 2.05) is 0 Å². The van der Waals surface area contributed by atoms with Crippen LogP contribution in [0, 0.1) is 5.92 Å². The second kappa shape index (κ2) is 10.1. The number of hydrogen-bond acceptors (Lipinski definition) is 5. The van der Waals surface area contributed by atoms with Gasteiger partial charge in [-0.25, -0.2) is 0 Å². The number of fused-ring (bicyclic) bond motifs is 1. The third kappa shape index (κ3) is 9.78. The van der Waals surface area contributed by atoms with Crippen LogP contribution in [0.4, 0.5) is 0 Å². The molecule has 0 aromatic rings. The monoisotopic (exact) mass is 478 g/mol. The Morgan fingerprint density at radius 2 is 1.21 bits per heavy atom. The van der Waals surface area contributed by atoms with E-state index in [1.165, 1.54) is 31.7 Å². The Kier molecular flexibility index (Phi) is 9.01. The van der Waals surface area contributed by atoms with Gasteiger partial charge in [0.15, 0.2) is 8.32 Å². The van der Waals surface area contributed by atoms with Gasteiger partial charge in [-0.2, -0.15) is 0 Å². The molecule has 1 heterocycles. The molecule has 0 aromatic heterocycles. The van der Waals surface area contributed by atoms with Gasteiger partial charge < -0.3 is 22.4 Å². The Morgan fingerprint density at radius 1 is 0.690 bits per heavy atom. The summed E-state index contributed by atoms with van der Waals surface area (Å²) in [5.41, 5.74) is 0. The molecule has 1 aliphatic carbocycles. The fourth-order valence-corrected chi connectivity index (χ4v) is 14.0. The lowest BCUT2D eigenvalue weighted by Crippen LogP contribution is -2.50. The summed E-state index contributed by atoms with van der Waals surface area (Å²) in [4.78, 5) is 0. The molecule has 1 saturated heterocycles. The van der Waals surface area contributed by atoms with E-state index >= 15 is 0 Å². The van der Waals surface area contributed by atoms with E-state index in [-0.39, 0.29) is 0 Å². The van der Waals surface area contributed by atoms with E-state index in [2.05, 4.69) is 52.4 Å². The Labute approximate surface area is 183 Å². The van der Waals surface area contributed by atoms with Crippen LogP contribution in [0.3, 0.4) is 0 Å². The van der Waals surface area contributed by atoms with Crippen LogP contribution in [0.5, 0.6) is 0 Å². The highest BCUT2D eigenvalue weighted by Crippen LogP contribution is 2.41. The lowest BCUT2D eigenvalue weighted by atomic mass is 9.88. The zero-order valence-corrected chi connectivity index (χ0v) is 24.4. The first-order valence-electron chi connectivity index (χ1n) is 11.4. The summed E-state index contributed by atoms with van der Waals surface area (Å²) in [5, 5.41) is 0. The fourth-order valence-electron chi connectivity index (χ4n) is 3.62. The summed E-state index contributed by atoms with van der Waals surface area (Å²) in [7, 11) is -5.23. The summed E-state index contributed by atoms with van der Waals surface area (Å²) >= 11 is 0. The molecule has 0 radical (unpaired) electrons. The molecule has 0 bridgehead atoms. The minimum atomic E-state index is -1.85. The van der Waals surface area contributed by atoms with Crippen molar-refractivity contribution < 1.29 is 22.4 Å².